The standard InChI is InChI=1S/C23H20N2O4S2/c26-23(24-14-18-16-30-22-6-2-1-5-21(18)22)12-9-17-7-10-20(11-8-17)31(27,28)25-15-19-4-3-13-29-19/h1-13,16,25H,14-15H2,(H,24,26)/b12-9+. The monoisotopic (exact) mass is 452 g/mol. The second-order valence-corrected chi connectivity index (χ2v) is 9.46. The molecular formula is C23H20N2O4S2. The zero-order valence-corrected chi connectivity index (χ0v) is 18.1. The zero-order chi connectivity index (χ0) is 21.7. The number of thiophene rings is 1. The van der Waals surface area contributed by atoms with E-state index in [4.69, 9.17) is 4.42 Å². The minimum absolute atomic E-state index is 0.0799. The van der Waals surface area contributed by atoms with Crippen LogP contribution in [-0.4, -0.2) is 14.3 Å². The minimum atomic E-state index is -3.65. The molecular weight excluding hydrogens is 432 g/mol. The Bertz CT molecular complexity index is 1310. The minimum Gasteiger partial charge on any atom is -0.468 e. The Labute approximate surface area is 184 Å². The fourth-order valence-corrected chi connectivity index (χ4v) is 4.96. The number of amides is 1. The van der Waals surface area contributed by atoms with Crippen LogP contribution in [0.1, 0.15) is 16.9 Å². The first-order valence-electron chi connectivity index (χ1n) is 9.54. The summed E-state index contributed by atoms with van der Waals surface area (Å²) in [5.74, 6) is 0.316. The van der Waals surface area contributed by atoms with Crippen molar-refractivity contribution in [3.05, 3.63) is 95.3 Å². The van der Waals surface area contributed by atoms with Crippen molar-refractivity contribution in [2.24, 2.45) is 0 Å². The Balaban J connectivity index is 1.33. The highest BCUT2D eigenvalue weighted by Gasteiger charge is 2.14. The molecule has 0 bridgehead atoms. The van der Waals surface area contributed by atoms with Gasteiger partial charge in [-0.25, -0.2) is 13.1 Å². The number of benzene rings is 2. The Morgan fingerprint density at radius 3 is 2.58 bits per heavy atom. The first kappa shape index (κ1) is 21.0. The van der Waals surface area contributed by atoms with Crippen LogP contribution in [-0.2, 0) is 27.9 Å². The molecule has 4 aromatic rings. The van der Waals surface area contributed by atoms with E-state index in [2.05, 4.69) is 16.1 Å². The number of hydrogen-bond donors (Lipinski definition) is 2. The number of hydrogen-bond acceptors (Lipinski definition) is 5. The van der Waals surface area contributed by atoms with Crippen LogP contribution in [0.2, 0.25) is 0 Å². The van der Waals surface area contributed by atoms with Gasteiger partial charge < -0.3 is 9.73 Å². The lowest BCUT2D eigenvalue weighted by Gasteiger charge is -2.05. The van der Waals surface area contributed by atoms with Gasteiger partial charge in [-0.05, 0) is 58.3 Å². The summed E-state index contributed by atoms with van der Waals surface area (Å²) in [6.07, 6.45) is 4.57. The first-order valence-corrected chi connectivity index (χ1v) is 11.9. The summed E-state index contributed by atoms with van der Waals surface area (Å²) in [4.78, 5) is 12.3. The summed E-state index contributed by atoms with van der Waals surface area (Å²) in [6.45, 7) is 0.530. The van der Waals surface area contributed by atoms with Gasteiger partial charge in [0.25, 0.3) is 0 Å². The maximum atomic E-state index is 12.4. The third-order valence-electron chi connectivity index (χ3n) is 4.65. The molecule has 0 saturated heterocycles. The van der Waals surface area contributed by atoms with Gasteiger partial charge in [-0.2, -0.15) is 0 Å². The topological polar surface area (TPSA) is 88.4 Å². The van der Waals surface area contributed by atoms with E-state index in [0.717, 1.165) is 16.5 Å². The molecule has 0 aliphatic heterocycles. The summed E-state index contributed by atoms with van der Waals surface area (Å²) in [5.41, 5.74) is 1.81. The van der Waals surface area contributed by atoms with Gasteiger partial charge in [0.1, 0.15) is 5.76 Å². The lowest BCUT2D eigenvalue weighted by atomic mass is 10.2. The van der Waals surface area contributed by atoms with Gasteiger partial charge in [0.15, 0.2) is 0 Å². The molecule has 2 heterocycles. The highest BCUT2D eigenvalue weighted by atomic mass is 32.2. The normalized spacial score (nSPS) is 11.9. The number of fused-ring (bicyclic) bond motifs is 1. The van der Waals surface area contributed by atoms with Crippen LogP contribution < -0.4 is 10.0 Å². The molecule has 4 rings (SSSR count). The largest absolute Gasteiger partial charge is 0.468 e. The smallest absolute Gasteiger partial charge is 0.244 e. The molecule has 0 unspecified atom stereocenters. The number of carbonyl (C=O) groups is 1. The summed E-state index contributed by atoms with van der Waals surface area (Å²) < 4.78 is 33.5. The Hall–Kier alpha value is -3.20. The molecule has 2 aromatic heterocycles. The van der Waals surface area contributed by atoms with Crippen molar-refractivity contribution >= 4 is 43.4 Å². The van der Waals surface area contributed by atoms with Crippen LogP contribution >= 0.6 is 11.3 Å². The fraction of sp³-hybridized carbons (Fsp3) is 0.0870. The summed E-state index contributed by atoms with van der Waals surface area (Å²) >= 11 is 1.65. The molecule has 0 aliphatic rings. The Morgan fingerprint density at radius 2 is 1.81 bits per heavy atom. The van der Waals surface area contributed by atoms with Crippen LogP contribution in [0.15, 0.2) is 87.7 Å². The molecule has 0 radical (unpaired) electrons. The molecule has 8 heteroatoms. The van der Waals surface area contributed by atoms with Gasteiger partial charge in [-0.1, -0.05) is 30.3 Å². The average molecular weight is 453 g/mol. The molecule has 2 aromatic carbocycles. The molecule has 31 heavy (non-hydrogen) atoms. The van der Waals surface area contributed by atoms with Crippen molar-refractivity contribution in [2.45, 2.75) is 18.0 Å². The van der Waals surface area contributed by atoms with Gasteiger partial charge >= 0.3 is 0 Å². The molecule has 1 amide bonds. The molecule has 6 nitrogen and oxygen atoms in total. The summed E-state index contributed by atoms with van der Waals surface area (Å²) in [6, 6.07) is 17.8. The lowest BCUT2D eigenvalue weighted by Crippen LogP contribution is -2.22. The van der Waals surface area contributed by atoms with E-state index in [1.807, 2.05) is 23.6 Å². The molecule has 2 N–H and O–H groups in total. The van der Waals surface area contributed by atoms with E-state index < -0.39 is 10.0 Å². The van der Waals surface area contributed by atoms with E-state index in [1.54, 1.807) is 41.7 Å². The van der Waals surface area contributed by atoms with Crippen molar-refractivity contribution < 1.29 is 17.6 Å². The number of rotatable bonds is 8. The first-order chi connectivity index (χ1) is 15.0. The molecule has 0 saturated carbocycles. The zero-order valence-electron chi connectivity index (χ0n) is 16.4. The van der Waals surface area contributed by atoms with Crippen LogP contribution in [0.3, 0.4) is 0 Å². The van der Waals surface area contributed by atoms with Crippen molar-refractivity contribution in [3.8, 4) is 0 Å². The molecule has 158 valence electrons. The van der Waals surface area contributed by atoms with Gasteiger partial charge in [-0.15, -0.1) is 11.3 Å². The molecule has 0 atom stereocenters. The highest BCUT2D eigenvalue weighted by Crippen LogP contribution is 2.25. The predicted octanol–water partition coefficient (Wildman–Crippen LogP) is 4.30. The number of furan rings is 1. The maximum absolute atomic E-state index is 12.4. The second kappa shape index (κ2) is 9.30. The van der Waals surface area contributed by atoms with Crippen LogP contribution in [0.4, 0.5) is 0 Å². The van der Waals surface area contributed by atoms with Crippen molar-refractivity contribution in [1.82, 2.24) is 10.0 Å². The molecule has 0 spiro atoms. The third-order valence-corrected chi connectivity index (χ3v) is 7.08. The van der Waals surface area contributed by atoms with Crippen molar-refractivity contribution in [2.75, 3.05) is 0 Å². The van der Waals surface area contributed by atoms with Crippen LogP contribution in [0, 0.1) is 0 Å². The second-order valence-electron chi connectivity index (χ2n) is 6.78. The van der Waals surface area contributed by atoms with Crippen LogP contribution in [0.25, 0.3) is 16.2 Å². The number of carbonyl (C=O) groups excluding carboxylic acids is 1. The van der Waals surface area contributed by atoms with Gasteiger partial charge in [0.2, 0.25) is 15.9 Å². The van der Waals surface area contributed by atoms with Crippen LogP contribution in [0.5, 0.6) is 0 Å². The Morgan fingerprint density at radius 1 is 1.00 bits per heavy atom. The van der Waals surface area contributed by atoms with Gasteiger partial charge in [0, 0.05) is 17.3 Å². The Kier molecular flexibility index (Phi) is 6.31. The van der Waals surface area contributed by atoms with E-state index in [-0.39, 0.29) is 17.3 Å². The fourth-order valence-electron chi connectivity index (χ4n) is 3.00. The predicted molar refractivity (Wildman–Crippen MR) is 122 cm³/mol. The average Bonchev–Trinajstić information content (AvgIpc) is 3.45. The quantitative estimate of drug-likeness (QED) is 0.390. The SMILES string of the molecule is O=C(/C=C/c1ccc(S(=O)(=O)NCc2ccco2)cc1)NCc1csc2ccccc12. The molecule has 0 fully saturated rings. The van der Waals surface area contributed by atoms with E-state index in [9.17, 15) is 13.2 Å². The van der Waals surface area contributed by atoms with E-state index in [0.29, 0.717) is 12.3 Å². The van der Waals surface area contributed by atoms with Crippen molar-refractivity contribution in [3.63, 3.8) is 0 Å². The van der Waals surface area contributed by atoms with Gasteiger partial charge in [0.05, 0.1) is 17.7 Å². The molecule has 0 aliphatic carbocycles. The lowest BCUT2D eigenvalue weighted by molar-refractivity contribution is -0.116. The van der Waals surface area contributed by atoms with E-state index >= 15 is 0 Å². The summed E-state index contributed by atoms with van der Waals surface area (Å²) in [5, 5.41) is 6.08. The highest BCUT2D eigenvalue weighted by molar-refractivity contribution is 7.89. The number of sulfonamides is 1. The number of nitrogens with one attached hydrogen (secondary N) is 2. The third kappa shape index (κ3) is 5.29. The van der Waals surface area contributed by atoms with Crippen molar-refractivity contribution in [1.29, 1.82) is 0 Å². The van der Waals surface area contributed by atoms with Gasteiger partial charge in [-0.3, -0.25) is 4.79 Å². The van der Waals surface area contributed by atoms with E-state index in [1.165, 1.54) is 29.2 Å². The summed E-state index contributed by atoms with van der Waals surface area (Å²) in [7, 11) is -3.65. The maximum Gasteiger partial charge on any atom is 0.244 e.